The normalized spacial score (nSPS) is 22.1. The quantitative estimate of drug-likeness (QED) is 0.352. The van der Waals surface area contributed by atoms with Crippen molar-refractivity contribution in [3.63, 3.8) is 0 Å². The number of hydrogen-bond acceptors (Lipinski definition) is 7. The first-order valence-corrected chi connectivity index (χ1v) is 13.0. The van der Waals surface area contributed by atoms with Crippen molar-refractivity contribution >= 4 is 23.3 Å². The van der Waals surface area contributed by atoms with Gasteiger partial charge in [-0.05, 0) is 54.4 Å². The van der Waals surface area contributed by atoms with Crippen molar-refractivity contribution < 1.29 is 38.0 Å². The van der Waals surface area contributed by atoms with Gasteiger partial charge in [0.1, 0.15) is 23.8 Å². The summed E-state index contributed by atoms with van der Waals surface area (Å²) >= 11 is 0. The second-order valence-corrected chi connectivity index (χ2v) is 9.88. The summed E-state index contributed by atoms with van der Waals surface area (Å²) in [7, 11) is 0. The molecule has 0 unspecified atom stereocenters. The van der Waals surface area contributed by atoms with E-state index in [0.29, 0.717) is 35.9 Å². The van der Waals surface area contributed by atoms with Gasteiger partial charge in [-0.25, -0.2) is 9.18 Å². The van der Waals surface area contributed by atoms with Crippen LogP contribution in [0.3, 0.4) is 0 Å². The van der Waals surface area contributed by atoms with Crippen LogP contribution in [0.15, 0.2) is 60.7 Å². The summed E-state index contributed by atoms with van der Waals surface area (Å²) in [6.07, 6.45) is -0.862. The van der Waals surface area contributed by atoms with Crippen LogP contribution in [-0.4, -0.2) is 48.8 Å². The van der Waals surface area contributed by atoms with E-state index in [-0.39, 0.29) is 37.3 Å². The number of fused-ring (bicyclic) bond motifs is 4. The van der Waals surface area contributed by atoms with Crippen molar-refractivity contribution in [1.82, 2.24) is 5.32 Å². The minimum atomic E-state index is -0.612. The molecule has 3 amide bonds. The number of amides is 3. The Hall–Kier alpha value is -4.35. The van der Waals surface area contributed by atoms with Crippen LogP contribution in [0.4, 0.5) is 20.6 Å². The number of carbonyl (C=O) groups is 2. The number of aliphatic hydroxyl groups excluding tert-OH is 1. The van der Waals surface area contributed by atoms with Gasteiger partial charge in [0.15, 0.2) is 11.5 Å². The predicted molar refractivity (Wildman–Crippen MR) is 142 cm³/mol. The highest BCUT2D eigenvalue weighted by molar-refractivity contribution is 6.00. The van der Waals surface area contributed by atoms with Crippen LogP contribution in [0, 0.1) is 5.82 Å². The zero-order valence-electron chi connectivity index (χ0n) is 21.4. The van der Waals surface area contributed by atoms with E-state index in [2.05, 4.69) is 16.0 Å². The topological polar surface area (TPSA) is 127 Å². The lowest BCUT2D eigenvalue weighted by Crippen LogP contribution is -2.47. The molecule has 3 aromatic rings. The van der Waals surface area contributed by atoms with Crippen LogP contribution in [0.5, 0.6) is 17.2 Å². The first-order chi connectivity index (χ1) is 19.5. The maximum Gasteiger partial charge on any atom is 0.323 e. The molecular weight excluding hydrogens is 521 g/mol. The van der Waals surface area contributed by atoms with Crippen molar-refractivity contribution in [1.29, 1.82) is 0 Å². The highest BCUT2D eigenvalue weighted by Gasteiger charge is 2.46. The zero-order valence-corrected chi connectivity index (χ0v) is 21.4. The van der Waals surface area contributed by atoms with Gasteiger partial charge in [0.05, 0.1) is 24.8 Å². The van der Waals surface area contributed by atoms with Crippen molar-refractivity contribution in [2.45, 2.75) is 43.6 Å². The predicted octanol–water partition coefficient (Wildman–Crippen LogP) is 3.90. The van der Waals surface area contributed by atoms with Gasteiger partial charge in [-0.2, -0.15) is 0 Å². The number of halogens is 1. The highest BCUT2D eigenvalue weighted by Crippen LogP contribution is 2.47. The Kier molecular flexibility index (Phi) is 7.14. The average Bonchev–Trinajstić information content (AvgIpc) is 3.57. The lowest BCUT2D eigenvalue weighted by atomic mass is 9.84. The highest BCUT2D eigenvalue weighted by atomic mass is 19.1. The molecular formula is C29H28FN3O7. The van der Waals surface area contributed by atoms with Crippen LogP contribution in [0.1, 0.15) is 29.9 Å². The van der Waals surface area contributed by atoms with E-state index in [1.165, 1.54) is 12.1 Å². The van der Waals surface area contributed by atoms with E-state index in [4.69, 9.17) is 18.9 Å². The van der Waals surface area contributed by atoms with Crippen LogP contribution in [-0.2, 0) is 16.1 Å². The fourth-order valence-electron chi connectivity index (χ4n) is 5.34. The maximum absolute atomic E-state index is 13.9. The van der Waals surface area contributed by atoms with Gasteiger partial charge in [0.2, 0.25) is 12.7 Å². The summed E-state index contributed by atoms with van der Waals surface area (Å²) in [5, 5.41) is 18.1. The van der Waals surface area contributed by atoms with Gasteiger partial charge in [-0.15, -0.1) is 0 Å². The van der Waals surface area contributed by atoms with Gasteiger partial charge in [0, 0.05) is 23.7 Å². The van der Waals surface area contributed by atoms with Gasteiger partial charge in [-0.1, -0.05) is 18.2 Å². The molecule has 3 aliphatic heterocycles. The van der Waals surface area contributed by atoms with Crippen LogP contribution in [0.25, 0.3) is 0 Å². The van der Waals surface area contributed by atoms with E-state index in [1.54, 1.807) is 30.3 Å². The molecule has 11 heteroatoms. The number of anilines is 2. The number of benzene rings is 3. The zero-order chi connectivity index (χ0) is 27.6. The molecule has 4 atom stereocenters. The number of hydrogen-bond donors (Lipinski definition) is 4. The van der Waals surface area contributed by atoms with E-state index in [1.807, 2.05) is 18.2 Å². The molecule has 0 saturated carbocycles. The summed E-state index contributed by atoms with van der Waals surface area (Å²) < 4.78 is 36.8. The Balaban J connectivity index is 1.09. The summed E-state index contributed by atoms with van der Waals surface area (Å²) in [4.78, 5) is 25.3. The Morgan fingerprint density at radius 1 is 0.975 bits per heavy atom. The summed E-state index contributed by atoms with van der Waals surface area (Å²) in [5.74, 6) is 1.09. The smallest absolute Gasteiger partial charge is 0.323 e. The standard InChI is InChI=1S/C29H28FN3O7/c30-21-3-1-2-4-22(21)33-29(36)32-17-6-8-23-19(10-17)20-11-18(39-26(14-34)28(20)40-23)12-27(35)31-13-16-5-7-24-25(9-16)38-15-37-24/h1-10,18,20,26,28,34H,11-15H2,(H,31,35)(H2,32,33,36)/t18-,20-,26+,28+/m1/s1. The molecule has 40 heavy (non-hydrogen) atoms. The van der Waals surface area contributed by atoms with Gasteiger partial charge >= 0.3 is 6.03 Å². The van der Waals surface area contributed by atoms with E-state index in [0.717, 1.165) is 11.1 Å². The molecule has 0 aliphatic carbocycles. The molecule has 0 bridgehead atoms. The molecule has 208 valence electrons. The van der Waals surface area contributed by atoms with Crippen molar-refractivity contribution in [2.24, 2.45) is 0 Å². The lowest BCUT2D eigenvalue weighted by Gasteiger charge is -2.37. The van der Waals surface area contributed by atoms with Crippen molar-refractivity contribution in [3.8, 4) is 17.2 Å². The number of nitrogens with one attached hydrogen (secondary N) is 3. The second kappa shape index (κ2) is 11.0. The number of aliphatic hydroxyl groups is 1. The van der Waals surface area contributed by atoms with Crippen LogP contribution in [0.2, 0.25) is 0 Å². The van der Waals surface area contributed by atoms with Crippen molar-refractivity contribution in [3.05, 3.63) is 77.6 Å². The third kappa shape index (κ3) is 5.38. The van der Waals surface area contributed by atoms with E-state index in [9.17, 15) is 19.1 Å². The van der Waals surface area contributed by atoms with Crippen LogP contribution < -0.4 is 30.2 Å². The van der Waals surface area contributed by atoms with Gasteiger partial charge in [-0.3, -0.25) is 4.79 Å². The van der Waals surface area contributed by atoms with Crippen molar-refractivity contribution in [2.75, 3.05) is 24.0 Å². The number of ether oxygens (including phenoxy) is 4. The molecule has 4 N–H and O–H groups in total. The fourth-order valence-corrected chi connectivity index (χ4v) is 5.34. The first kappa shape index (κ1) is 25.9. The Morgan fingerprint density at radius 2 is 1.80 bits per heavy atom. The van der Waals surface area contributed by atoms with Crippen LogP contribution >= 0.6 is 0 Å². The third-order valence-electron chi connectivity index (χ3n) is 7.22. The molecule has 1 saturated heterocycles. The Labute approximate surface area is 229 Å². The SMILES string of the molecule is O=C(C[C@H]1C[C@@H]2c3cc(NC(=O)Nc4ccccc4F)ccc3O[C@@H]2[C@H](CO)O1)NCc1ccc2c(c1)OCO2. The number of para-hydroxylation sites is 1. The number of urea groups is 1. The molecule has 0 spiro atoms. The minimum Gasteiger partial charge on any atom is -0.487 e. The molecule has 10 nitrogen and oxygen atoms in total. The minimum absolute atomic E-state index is 0.0689. The number of rotatable bonds is 7. The molecule has 1 fully saturated rings. The van der Waals surface area contributed by atoms with E-state index >= 15 is 0 Å². The maximum atomic E-state index is 13.9. The average molecular weight is 550 g/mol. The summed E-state index contributed by atoms with van der Waals surface area (Å²) in [6, 6.07) is 16.1. The summed E-state index contributed by atoms with van der Waals surface area (Å²) in [6.45, 7) is 0.248. The summed E-state index contributed by atoms with van der Waals surface area (Å²) in [5.41, 5.74) is 2.30. The molecule has 6 rings (SSSR count). The molecule has 3 aliphatic rings. The molecule has 3 aromatic carbocycles. The number of carbonyl (C=O) groups excluding carboxylic acids is 2. The Bertz CT molecular complexity index is 1430. The monoisotopic (exact) mass is 549 g/mol. The molecule has 0 aromatic heterocycles. The first-order valence-electron chi connectivity index (χ1n) is 13.0. The third-order valence-corrected chi connectivity index (χ3v) is 7.22. The Morgan fingerprint density at radius 3 is 2.65 bits per heavy atom. The second-order valence-electron chi connectivity index (χ2n) is 9.88. The van der Waals surface area contributed by atoms with Gasteiger partial charge in [0.25, 0.3) is 0 Å². The fraction of sp³-hybridized carbons (Fsp3) is 0.310. The molecule has 3 heterocycles. The molecule has 0 radical (unpaired) electrons. The largest absolute Gasteiger partial charge is 0.487 e. The lowest BCUT2D eigenvalue weighted by molar-refractivity contribution is -0.142. The van der Waals surface area contributed by atoms with E-state index < -0.39 is 30.2 Å². The van der Waals surface area contributed by atoms with Gasteiger partial charge < -0.3 is 40.0 Å².